The van der Waals surface area contributed by atoms with E-state index in [0.29, 0.717) is 11.8 Å². The first-order valence-electron chi connectivity index (χ1n) is 26.1. The summed E-state index contributed by atoms with van der Waals surface area (Å²) in [6, 6.07) is 89.1. The molecule has 4 saturated carbocycles. The van der Waals surface area contributed by atoms with Gasteiger partial charge in [-0.05, 0) is 206 Å². The van der Waals surface area contributed by atoms with E-state index in [1.807, 2.05) is 11.3 Å². The number of nitrogens with zero attached hydrogens (tertiary/aromatic N) is 1. The molecule has 0 aliphatic heterocycles. The SMILES string of the molecule is c1ccc(-c2ccc(-c3cc(-c4ccc(-c5ccc(N(c6ccccc6)c6ccccc6)cc5)cc4)cc4c3-c3cc(-c5ccc6sc7ccccc7c6c5)ccc3C43C4CC5CC(C4)CC3C5)cc2)cc1. The van der Waals surface area contributed by atoms with Crippen LogP contribution in [0.15, 0.2) is 237 Å². The van der Waals surface area contributed by atoms with Gasteiger partial charge in [-0.2, -0.15) is 0 Å². The fourth-order valence-electron chi connectivity index (χ4n) is 14.5. The minimum absolute atomic E-state index is 0.00788. The molecular formula is C70H53NS. The van der Waals surface area contributed by atoms with E-state index in [9.17, 15) is 0 Å². The highest BCUT2D eigenvalue weighted by Crippen LogP contribution is 2.70. The zero-order valence-electron chi connectivity index (χ0n) is 40.2. The molecule has 1 spiro atoms. The van der Waals surface area contributed by atoms with Crippen molar-refractivity contribution in [3.63, 3.8) is 0 Å². The Morgan fingerprint density at radius 2 is 0.778 bits per heavy atom. The van der Waals surface area contributed by atoms with Gasteiger partial charge in [-0.3, -0.25) is 0 Å². The third kappa shape index (κ3) is 6.65. The van der Waals surface area contributed by atoms with Crippen molar-refractivity contribution in [2.75, 3.05) is 4.90 Å². The van der Waals surface area contributed by atoms with Crippen molar-refractivity contribution < 1.29 is 0 Å². The summed E-state index contributed by atoms with van der Waals surface area (Å²) in [5, 5.41) is 2.71. The van der Waals surface area contributed by atoms with Gasteiger partial charge in [0.25, 0.3) is 0 Å². The predicted molar refractivity (Wildman–Crippen MR) is 304 cm³/mol. The van der Waals surface area contributed by atoms with Crippen molar-refractivity contribution in [1.82, 2.24) is 0 Å². The van der Waals surface area contributed by atoms with Crippen LogP contribution >= 0.6 is 11.3 Å². The van der Waals surface area contributed by atoms with Crippen molar-refractivity contribution >= 4 is 48.6 Å². The van der Waals surface area contributed by atoms with Crippen LogP contribution in [0.25, 0.3) is 86.9 Å². The molecule has 5 aliphatic rings. The molecule has 0 radical (unpaired) electrons. The van der Waals surface area contributed by atoms with Gasteiger partial charge in [0.2, 0.25) is 0 Å². The Morgan fingerprint density at radius 3 is 1.42 bits per heavy atom. The molecule has 5 aliphatic carbocycles. The van der Waals surface area contributed by atoms with E-state index in [1.54, 1.807) is 11.1 Å². The fraction of sp³-hybridized carbons (Fsp3) is 0.143. The molecule has 0 N–H and O–H groups in total. The molecule has 2 heteroatoms. The lowest BCUT2D eigenvalue weighted by atomic mass is 9.43. The molecule has 1 aromatic heterocycles. The van der Waals surface area contributed by atoms with Gasteiger partial charge in [0, 0.05) is 42.6 Å². The van der Waals surface area contributed by atoms with Gasteiger partial charge in [-0.15, -0.1) is 11.3 Å². The summed E-state index contributed by atoms with van der Waals surface area (Å²) < 4.78 is 2.71. The Kier molecular flexibility index (Phi) is 9.70. The molecule has 1 heterocycles. The first-order chi connectivity index (χ1) is 35.6. The van der Waals surface area contributed by atoms with E-state index < -0.39 is 0 Å². The second kappa shape index (κ2) is 16.7. The normalized spacial score (nSPS) is 20.3. The zero-order valence-corrected chi connectivity index (χ0v) is 41.0. The number of fused-ring (bicyclic) bond motifs is 6. The highest BCUT2D eigenvalue weighted by atomic mass is 32.1. The molecule has 4 fully saturated rings. The highest BCUT2D eigenvalue weighted by molar-refractivity contribution is 7.25. The predicted octanol–water partition coefficient (Wildman–Crippen LogP) is 19.6. The maximum atomic E-state index is 2.67. The van der Waals surface area contributed by atoms with Crippen molar-refractivity contribution in [3.05, 3.63) is 248 Å². The lowest BCUT2D eigenvalue weighted by Crippen LogP contribution is -2.55. The summed E-state index contributed by atoms with van der Waals surface area (Å²) in [4.78, 5) is 2.33. The van der Waals surface area contributed by atoms with Crippen LogP contribution in [0, 0.1) is 23.7 Å². The third-order valence-corrected chi connectivity index (χ3v) is 18.6. The van der Waals surface area contributed by atoms with Crippen molar-refractivity contribution in [2.45, 2.75) is 37.5 Å². The standard InChI is InChI=1S/C70H53NS/c1-4-12-47(13-5-1)48-24-26-52(27-25-48)62-43-55(51-22-20-49(21-23-51)50-28-32-60(33-29-50)71(58-14-6-2-7-15-58)59-16-8-3-9-17-59)44-66-69(62)64-42-53(54-31-35-68-63(41-54)61-18-10-11-19-67(61)72-68)30-34-65(64)70(66)56-37-45-36-46(39-56)40-57(70)38-45/h1-35,41-46,56-57H,36-40H2. The van der Waals surface area contributed by atoms with Gasteiger partial charge in [-0.1, -0.05) is 164 Å². The van der Waals surface area contributed by atoms with Crippen LogP contribution in [0.5, 0.6) is 0 Å². The number of rotatable bonds is 8. The zero-order chi connectivity index (χ0) is 47.3. The summed E-state index contributed by atoms with van der Waals surface area (Å²) in [6.07, 6.45) is 6.84. The molecule has 10 aromatic carbocycles. The number of hydrogen-bond donors (Lipinski definition) is 0. The van der Waals surface area contributed by atoms with E-state index in [0.717, 1.165) is 28.9 Å². The van der Waals surface area contributed by atoms with E-state index in [1.165, 1.54) is 119 Å². The summed E-state index contributed by atoms with van der Waals surface area (Å²) in [6.45, 7) is 0. The van der Waals surface area contributed by atoms with Gasteiger partial charge in [0.05, 0.1) is 0 Å². The van der Waals surface area contributed by atoms with E-state index in [-0.39, 0.29) is 5.41 Å². The lowest BCUT2D eigenvalue weighted by Gasteiger charge is -2.61. The van der Waals surface area contributed by atoms with E-state index >= 15 is 0 Å². The van der Waals surface area contributed by atoms with E-state index in [2.05, 4.69) is 241 Å². The molecule has 11 aromatic rings. The van der Waals surface area contributed by atoms with Crippen molar-refractivity contribution in [1.29, 1.82) is 0 Å². The Labute approximate surface area is 426 Å². The summed E-state index contributed by atoms with van der Waals surface area (Å²) >= 11 is 1.90. The van der Waals surface area contributed by atoms with Gasteiger partial charge >= 0.3 is 0 Å². The van der Waals surface area contributed by atoms with Crippen LogP contribution in [0.3, 0.4) is 0 Å². The minimum atomic E-state index is 0.00788. The first kappa shape index (κ1) is 42.0. The summed E-state index contributed by atoms with van der Waals surface area (Å²) in [5.41, 5.74) is 22.3. The Morgan fingerprint density at radius 1 is 0.319 bits per heavy atom. The number of thiophene rings is 1. The maximum absolute atomic E-state index is 2.67. The van der Waals surface area contributed by atoms with Crippen LogP contribution in [0.2, 0.25) is 0 Å². The van der Waals surface area contributed by atoms with Gasteiger partial charge in [0.1, 0.15) is 0 Å². The van der Waals surface area contributed by atoms with Gasteiger partial charge in [-0.25, -0.2) is 0 Å². The van der Waals surface area contributed by atoms with Crippen LogP contribution < -0.4 is 4.90 Å². The molecule has 1 nitrogen and oxygen atoms in total. The first-order valence-corrected chi connectivity index (χ1v) is 27.0. The van der Waals surface area contributed by atoms with Gasteiger partial charge in [0.15, 0.2) is 0 Å². The Balaban J connectivity index is 0.875. The van der Waals surface area contributed by atoms with Crippen LogP contribution in [0.4, 0.5) is 17.1 Å². The Bertz CT molecular complexity index is 3760. The molecule has 0 atom stereocenters. The second-order valence-electron chi connectivity index (χ2n) is 21.3. The fourth-order valence-corrected chi connectivity index (χ4v) is 15.6. The van der Waals surface area contributed by atoms with Gasteiger partial charge < -0.3 is 4.90 Å². The number of hydrogen-bond acceptors (Lipinski definition) is 2. The average molecular weight is 940 g/mol. The molecule has 4 bridgehead atoms. The van der Waals surface area contributed by atoms with Crippen LogP contribution in [-0.2, 0) is 5.41 Å². The average Bonchev–Trinajstić information content (AvgIpc) is 3.96. The third-order valence-electron chi connectivity index (χ3n) is 17.5. The molecule has 16 rings (SSSR count). The molecule has 72 heavy (non-hydrogen) atoms. The number of benzene rings is 10. The summed E-state index contributed by atoms with van der Waals surface area (Å²) in [7, 11) is 0. The summed E-state index contributed by atoms with van der Waals surface area (Å²) in [5.74, 6) is 3.04. The quantitative estimate of drug-likeness (QED) is 0.147. The largest absolute Gasteiger partial charge is 0.311 e. The number of para-hydroxylation sites is 2. The molecule has 0 saturated heterocycles. The number of anilines is 3. The van der Waals surface area contributed by atoms with Crippen LogP contribution in [-0.4, -0.2) is 0 Å². The monoisotopic (exact) mass is 939 g/mol. The maximum Gasteiger partial charge on any atom is 0.0462 e. The van der Waals surface area contributed by atoms with Crippen LogP contribution in [0.1, 0.15) is 43.2 Å². The Hall–Kier alpha value is -7.78. The molecule has 0 amide bonds. The smallest absolute Gasteiger partial charge is 0.0462 e. The van der Waals surface area contributed by atoms with Crippen molar-refractivity contribution in [2.24, 2.45) is 23.7 Å². The lowest BCUT2D eigenvalue weighted by molar-refractivity contribution is -0.0399. The van der Waals surface area contributed by atoms with E-state index in [4.69, 9.17) is 0 Å². The second-order valence-corrected chi connectivity index (χ2v) is 22.3. The molecular weight excluding hydrogens is 887 g/mol. The highest BCUT2D eigenvalue weighted by Gasteiger charge is 2.62. The molecule has 0 unspecified atom stereocenters. The molecule has 344 valence electrons. The van der Waals surface area contributed by atoms with Crippen molar-refractivity contribution in [3.8, 4) is 66.8 Å². The topological polar surface area (TPSA) is 3.24 Å². The minimum Gasteiger partial charge on any atom is -0.311 e.